The smallest absolute Gasteiger partial charge is 0.350 e. The molecule has 0 aliphatic rings. The van der Waals surface area contributed by atoms with Gasteiger partial charge in [-0.05, 0) is 31.2 Å². The topological polar surface area (TPSA) is 77.5 Å². The van der Waals surface area contributed by atoms with E-state index in [-0.39, 0.29) is 13.2 Å². The lowest BCUT2D eigenvalue weighted by Gasteiger charge is -2.03. The number of nitrogens with one attached hydrogen (secondary N) is 1. The lowest BCUT2D eigenvalue weighted by atomic mass is 10.2. The Morgan fingerprint density at radius 3 is 2.67 bits per heavy atom. The fourth-order valence-corrected chi connectivity index (χ4v) is 2.81. The Labute approximate surface area is 143 Å². The van der Waals surface area contributed by atoms with E-state index in [4.69, 9.17) is 15.9 Å². The van der Waals surface area contributed by atoms with Crippen LogP contribution >= 0.6 is 11.3 Å². The molecule has 0 bridgehead atoms. The van der Waals surface area contributed by atoms with Crippen molar-refractivity contribution in [3.63, 3.8) is 0 Å². The van der Waals surface area contributed by atoms with Crippen LogP contribution in [0.3, 0.4) is 0 Å². The van der Waals surface area contributed by atoms with Gasteiger partial charge in [0.05, 0.1) is 19.3 Å². The molecule has 1 aromatic carbocycles. The number of terminal acetylenes is 1. The molecular formula is C17H16N2O4S. The number of aromatic nitrogens is 1. The third-order valence-electron chi connectivity index (χ3n) is 3.04. The summed E-state index contributed by atoms with van der Waals surface area (Å²) in [5.74, 6) is 1.98. The summed E-state index contributed by atoms with van der Waals surface area (Å²) in [6, 6.07) is 7.36. The van der Waals surface area contributed by atoms with Gasteiger partial charge < -0.3 is 14.8 Å². The molecule has 7 heteroatoms. The van der Waals surface area contributed by atoms with E-state index in [1.807, 2.05) is 24.3 Å². The van der Waals surface area contributed by atoms with Crippen LogP contribution in [0.5, 0.6) is 5.75 Å². The number of amides is 1. The van der Waals surface area contributed by atoms with Crippen LogP contribution in [-0.4, -0.2) is 37.1 Å². The van der Waals surface area contributed by atoms with E-state index in [0.29, 0.717) is 15.6 Å². The molecular weight excluding hydrogens is 328 g/mol. The highest BCUT2D eigenvalue weighted by molar-refractivity contribution is 7.17. The number of methoxy groups -OCH3 is 1. The van der Waals surface area contributed by atoms with Crippen LogP contribution in [-0.2, 0) is 9.53 Å². The van der Waals surface area contributed by atoms with Crippen LogP contribution in [0.4, 0.5) is 0 Å². The number of ether oxygens (including phenoxy) is 2. The zero-order valence-corrected chi connectivity index (χ0v) is 14.1. The molecule has 0 saturated heterocycles. The van der Waals surface area contributed by atoms with Crippen molar-refractivity contribution in [2.45, 2.75) is 6.92 Å². The van der Waals surface area contributed by atoms with Crippen molar-refractivity contribution in [3.05, 3.63) is 34.8 Å². The maximum atomic E-state index is 12.1. The van der Waals surface area contributed by atoms with E-state index in [1.165, 1.54) is 11.3 Å². The minimum atomic E-state index is -0.583. The summed E-state index contributed by atoms with van der Waals surface area (Å²) in [7, 11) is 1.59. The first-order valence-corrected chi connectivity index (χ1v) is 7.86. The van der Waals surface area contributed by atoms with Crippen molar-refractivity contribution in [1.29, 1.82) is 0 Å². The number of carbonyl (C=O) groups excluding carboxylic acids is 2. The number of benzene rings is 1. The molecule has 1 aromatic heterocycles. The molecule has 0 aliphatic carbocycles. The number of carbonyl (C=O) groups is 2. The minimum absolute atomic E-state index is 0.0948. The van der Waals surface area contributed by atoms with Gasteiger partial charge >= 0.3 is 5.97 Å². The van der Waals surface area contributed by atoms with Gasteiger partial charge in [-0.25, -0.2) is 9.78 Å². The van der Waals surface area contributed by atoms with Crippen molar-refractivity contribution in [3.8, 4) is 28.7 Å². The SMILES string of the molecule is C#CCNC(=O)COC(=O)c1sc(-c2ccc(OC)cc2)nc1C. The van der Waals surface area contributed by atoms with E-state index < -0.39 is 11.9 Å². The third kappa shape index (κ3) is 4.33. The van der Waals surface area contributed by atoms with Crippen LogP contribution in [0, 0.1) is 19.3 Å². The first-order chi connectivity index (χ1) is 11.5. The molecule has 0 radical (unpaired) electrons. The Bertz CT molecular complexity index is 775. The van der Waals surface area contributed by atoms with Gasteiger partial charge in [-0.1, -0.05) is 5.92 Å². The van der Waals surface area contributed by atoms with Gasteiger partial charge in [-0.3, -0.25) is 4.79 Å². The number of aryl methyl sites for hydroxylation is 1. The second-order valence-corrected chi connectivity index (χ2v) is 5.72. The molecule has 124 valence electrons. The van der Waals surface area contributed by atoms with Crippen LogP contribution in [0.15, 0.2) is 24.3 Å². The molecule has 0 saturated carbocycles. The number of hydrogen-bond donors (Lipinski definition) is 1. The van der Waals surface area contributed by atoms with Gasteiger partial charge in [0.1, 0.15) is 15.6 Å². The van der Waals surface area contributed by atoms with E-state index >= 15 is 0 Å². The molecule has 0 spiro atoms. The van der Waals surface area contributed by atoms with E-state index in [2.05, 4.69) is 16.2 Å². The number of esters is 1. The van der Waals surface area contributed by atoms with Gasteiger partial charge in [0.2, 0.25) is 0 Å². The molecule has 2 aromatic rings. The Hall–Kier alpha value is -2.85. The Morgan fingerprint density at radius 1 is 1.33 bits per heavy atom. The van der Waals surface area contributed by atoms with Crippen molar-refractivity contribution < 1.29 is 19.1 Å². The molecule has 0 atom stereocenters. The second-order valence-electron chi connectivity index (χ2n) is 4.72. The standard InChI is InChI=1S/C17H16N2O4S/c1-4-9-18-14(20)10-23-17(21)15-11(2)19-16(24-15)12-5-7-13(22-3)8-6-12/h1,5-8H,9-10H2,2-3H3,(H,18,20). The van der Waals surface area contributed by atoms with Crippen LogP contribution in [0.2, 0.25) is 0 Å². The van der Waals surface area contributed by atoms with E-state index in [0.717, 1.165) is 11.3 Å². The van der Waals surface area contributed by atoms with Gasteiger partial charge in [0, 0.05) is 5.56 Å². The first-order valence-electron chi connectivity index (χ1n) is 7.04. The predicted octanol–water partition coefficient (Wildman–Crippen LogP) is 2.03. The van der Waals surface area contributed by atoms with Crippen molar-refractivity contribution in [1.82, 2.24) is 10.3 Å². The van der Waals surface area contributed by atoms with E-state index in [9.17, 15) is 9.59 Å². The second kappa shape index (κ2) is 8.13. The summed E-state index contributed by atoms with van der Waals surface area (Å²) >= 11 is 1.21. The monoisotopic (exact) mass is 344 g/mol. The zero-order chi connectivity index (χ0) is 17.5. The molecule has 2 rings (SSSR count). The summed E-state index contributed by atoms with van der Waals surface area (Å²) in [6.45, 7) is 1.44. The Kier molecular flexibility index (Phi) is 5.93. The summed E-state index contributed by atoms with van der Waals surface area (Å²) in [5.41, 5.74) is 1.43. The minimum Gasteiger partial charge on any atom is -0.497 e. The number of hydrogen-bond acceptors (Lipinski definition) is 6. The average molecular weight is 344 g/mol. The molecule has 0 unspecified atom stereocenters. The molecule has 0 fully saturated rings. The Balaban J connectivity index is 2.06. The van der Waals surface area contributed by atoms with Crippen molar-refractivity contribution >= 4 is 23.2 Å². The van der Waals surface area contributed by atoms with Crippen molar-refractivity contribution in [2.75, 3.05) is 20.3 Å². The molecule has 1 N–H and O–H groups in total. The fourth-order valence-electron chi connectivity index (χ4n) is 1.84. The van der Waals surface area contributed by atoms with Gasteiger partial charge in [-0.2, -0.15) is 0 Å². The molecule has 1 amide bonds. The first kappa shape index (κ1) is 17.5. The highest BCUT2D eigenvalue weighted by Crippen LogP contribution is 2.29. The average Bonchev–Trinajstić information content (AvgIpc) is 2.99. The van der Waals surface area contributed by atoms with Crippen LogP contribution in [0.25, 0.3) is 10.6 Å². The predicted molar refractivity (Wildman–Crippen MR) is 91.0 cm³/mol. The van der Waals surface area contributed by atoms with Gasteiger partial charge in [0.15, 0.2) is 6.61 Å². The van der Waals surface area contributed by atoms with Crippen LogP contribution in [0.1, 0.15) is 15.4 Å². The number of rotatable bonds is 6. The van der Waals surface area contributed by atoms with Gasteiger partial charge in [0.25, 0.3) is 5.91 Å². The lowest BCUT2D eigenvalue weighted by molar-refractivity contribution is -0.123. The number of nitrogens with zero attached hydrogens (tertiary/aromatic N) is 1. The van der Waals surface area contributed by atoms with Crippen LogP contribution < -0.4 is 10.1 Å². The third-order valence-corrected chi connectivity index (χ3v) is 4.23. The summed E-state index contributed by atoms with van der Waals surface area (Å²) in [5, 5.41) is 3.11. The summed E-state index contributed by atoms with van der Waals surface area (Å²) < 4.78 is 10.1. The summed E-state index contributed by atoms with van der Waals surface area (Å²) in [4.78, 5) is 28.2. The normalized spacial score (nSPS) is 9.88. The number of thiazole rings is 1. The molecule has 1 heterocycles. The zero-order valence-electron chi connectivity index (χ0n) is 13.3. The highest BCUT2D eigenvalue weighted by Gasteiger charge is 2.18. The molecule has 6 nitrogen and oxygen atoms in total. The molecule has 0 aliphatic heterocycles. The van der Waals surface area contributed by atoms with E-state index in [1.54, 1.807) is 14.0 Å². The Morgan fingerprint density at radius 2 is 2.04 bits per heavy atom. The summed E-state index contributed by atoms with van der Waals surface area (Å²) in [6.07, 6.45) is 5.03. The highest BCUT2D eigenvalue weighted by atomic mass is 32.1. The van der Waals surface area contributed by atoms with Gasteiger partial charge in [-0.15, -0.1) is 17.8 Å². The lowest BCUT2D eigenvalue weighted by Crippen LogP contribution is -2.28. The maximum absolute atomic E-state index is 12.1. The fraction of sp³-hybridized carbons (Fsp3) is 0.235. The molecule has 24 heavy (non-hydrogen) atoms. The largest absolute Gasteiger partial charge is 0.497 e. The quantitative estimate of drug-likeness (QED) is 0.641. The maximum Gasteiger partial charge on any atom is 0.350 e. The van der Waals surface area contributed by atoms with Crippen molar-refractivity contribution in [2.24, 2.45) is 0 Å².